The van der Waals surface area contributed by atoms with Gasteiger partial charge in [0, 0.05) is 16.5 Å². The van der Waals surface area contributed by atoms with E-state index in [0.717, 1.165) is 44.4 Å². The first-order valence-corrected chi connectivity index (χ1v) is 12.3. The van der Waals surface area contributed by atoms with E-state index >= 15 is 0 Å². The second-order valence-electron chi connectivity index (χ2n) is 8.13. The molecule has 0 saturated heterocycles. The van der Waals surface area contributed by atoms with Gasteiger partial charge in [-0.15, -0.1) is 0 Å². The molecule has 0 bridgehead atoms. The van der Waals surface area contributed by atoms with Crippen molar-refractivity contribution in [3.63, 3.8) is 0 Å². The fourth-order valence-electron chi connectivity index (χ4n) is 3.78. The van der Waals surface area contributed by atoms with E-state index in [-0.39, 0.29) is 16.5 Å². The number of allylic oxidation sites excluding steroid dienone is 3. The van der Waals surface area contributed by atoms with Crippen molar-refractivity contribution in [1.82, 2.24) is 0 Å². The predicted molar refractivity (Wildman–Crippen MR) is 149 cm³/mol. The molecule has 2 rings (SSSR count). The third-order valence-electron chi connectivity index (χ3n) is 5.29. The Labute approximate surface area is 228 Å². The van der Waals surface area contributed by atoms with Crippen molar-refractivity contribution >= 4 is 55.4 Å². The smallest absolute Gasteiger partial charge is 0 e. The molecule has 5 heteroatoms. The van der Waals surface area contributed by atoms with Crippen molar-refractivity contribution in [2.45, 2.75) is 74.7 Å². The first kappa shape index (κ1) is 31.3. The Morgan fingerprint density at radius 3 is 1.34 bits per heavy atom. The van der Waals surface area contributed by atoms with Crippen molar-refractivity contribution in [1.29, 1.82) is 0 Å². The summed E-state index contributed by atoms with van der Waals surface area (Å²) >= 11 is 21.3. The molecule has 0 heterocycles. The molecule has 32 heavy (non-hydrogen) atoms. The molecule has 0 spiro atoms. The molecule has 0 nitrogen and oxygen atoms in total. The van der Waals surface area contributed by atoms with Crippen molar-refractivity contribution in [2.75, 3.05) is 0 Å². The molecule has 0 atom stereocenters. The van der Waals surface area contributed by atoms with Crippen LogP contribution in [0.5, 0.6) is 0 Å². The summed E-state index contributed by atoms with van der Waals surface area (Å²) in [5, 5.41) is 0. The molecule has 180 valence electrons. The van der Waals surface area contributed by atoms with E-state index in [1.165, 1.54) is 38.9 Å². The number of aryl methyl sites for hydroxylation is 6. The molecule has 0 saturated carbocycles. The van der Waals surface area contributed by atoms with Crippen LogP contribution in [0.1, 0.15) is 71.2 Å². The van der Waals surface area contributed by atoms with Crippen LogP contribution < -0.4 is 0 Å². The predicted octanol–water partition coefficient (Wildman–Crippen LogP) is 7.65. The average molecular weight is 546 g/mol. The third-order valence-corrected chi connectivity index (χ3v) is 7.42. The van der Waals surface area contributed by atoms with Crippen LogP contribution in [0.2, 0.25) is 0 Å². The van der Waals surface area contributed by atoms with Gasteiger partial charge in [-0.2, -0.15) is 4.91 Å². The monoisotopic (exact) mass is 544 g/mol. The summed E-state index contributed by atoms with van der Waals surface area (Å²) in [7, 11) is 0. The third kappa shape index (κ3) is 8.91. The maximum absolute atomic E-state index is 5.42. The van der Waals surface area contributed by atoms with Crippen molar-refractivity contribution in [3.8, 4) is 0 Å². The van der Waals surface area contributed by atoms with Gasteiger partial charge in [-0.05, 0) is 81.3 Å². The number of hydrogen-bond donors (Lipinski definition) is 0. The first-order chi connectivity index (χ1) is 14.4. The molecule has 0 N–H and O–H groups in total. The average Bonchev–Trinajstić information content (AvgIpc) is 2.68. The Hall–Kier alpha value is -0.706. The molecule has 0 fully saturated rings. The molecule has 2 aromatic carbocycles. The zero-order chi connectivity index (χ0) is 23.9. The Morgan fingerprint density at radius 2 is 0.969 bits per heavy atom. The Morgan fingerprint density at radius 1 is 0.594 bits per heavy atom. The van der Waals surface area contributed by atoms with Crippen LogP contribution in [-0.4, -0.2) is 0 Å². The van der Waals surface area contributed by atoms with E-state index in [4.69, 9.17) is 50.5 Å². The SMILES string of the molecule is CC/C([S-])=C(/[S-])Cc1c(C)cc(C)cc1C.CC/C([S-])=C(/[S-])c1c(C)cc(C)cc1C.[Ni]. The quantitative estimate of drug-likeness (QED) is 0.280. The standard InChI is InChI=1S/C14H20S2.C13H18S2.Ni/c1-5-13(15)14(16)8-12-10(3)6-9(2)7-11(12)4;1-5-11(14)13(15)12-9(3)6-8(2)7-10(12)4;/h6-7,15-16H,5,8H2,1-4H3;6-7,14-15H,5H2,1-4H3;/p-4/b14-13-;13-11-;. The van der Waals surface area contributed by atoms with E-state index in [9.17, 15) is 0 Å². The van der Waals surface area contributed by atoms with Gasteiger partial charge in [0.2, 0.25) is 0 Å². The van der Waals surface area contributed by atoms with Gasteiger partial charge in [-0.3, -0.25) is 0 Å². The molecule has 0 amide bonds. The zero-order valence-electron chi connectivity index (χ0n) is 20.4. The summed E-state index contributed by atoms with van der Waals surface area (Å²) in [6.45, 7) is 16.8. The van der Waals surface area contributed by atoms with Crippen LogP contribution >= 0.6 is 0 Å². The minimum absolute atomic E-state index is 0. The second-order valence-corrected chi connectivity index (χ2v) is 10.0. The molecule has 0 aromatic heterocycles. The van der Waals surface area contributed by atoms with Crippen LogP contribution in [0.15, 0.2) is 39.0 Å². The summed E-state index contributed by atoms with van der Waals surface area (Å²) in [6, 6.07) is 8.74. The summed E-state index contributed by atoms with van der Waals surface area (Å²) in [4.78, 5) is 3.59. The van der Waals surface area contributed by atoms with E-state index in [2.05, 4.69) is 72.7 Å². The summed E-state index contributed by atoms with van der Waals surface area (Å²) in [5.74, 6) is 0. The summed E-state index contributed by atoms with van der Waals surface area (Å²) < 4.78 is 0. The molecular formula is C27H34NiS4-4. The zero-order valence-corrected chi connectivity index (χ0v) is 24.6. The fraction of sp³-hybridized carbons (Fsp3) is 0.407. The van der Waals surface area contributed by atoms with E-state index < -0.39 is 0 Å². The number of rotatable bonds is 5. The minimum atomic E-state index is 0. The summed E-state index contributed by atoms with van der Waals surface area (Å²) in [6.07, 6.45) is 2.54. The molecule has 0 aliphatic heterocycles. The van der Waals surface area contributed by atoms with Gasteiger partial charge in [0.25, 0.3) is 0 Å². The largest absolute Gasteiger partial charge is 0.786 e. The maximum Gasteiger partial charge on any atom is 0 e. The van der Waals surface area contributed by atoms with Crippen LogP contribution in [0.4, 0.5) is 0 Å². The second kappa shape index (κ2) is 14.5. The van der Waals surface area contributed by atoms with Gasteiger partial charge in [-0.25, -0.2) is 14.7 Å². The van der Waals surface area contributed by atoms with Gasteiger partial charge in [-0.1, -0.05) is 62.1 Å². The van der Waals surface area contributed by atoms with Crippen LogP contribution in [0.3, 0.4) is 0 Å². The Bertz CT molecular complexity index is 941. The maximum atomic E-state index is 5.42. The van der Waals surface area contributed by atoms with Crippen molar-refractivity contribution < 1.29 is 16.5 Å². The topological polar surface area (TPSA) is 0 Å². The van der Waals surface area contributed by atoms with Gasteiger partial charge in [0.1, 0.15) is 0 Å². The van der Waals surface area contributed by atoms with E-state index in [1.54, 1.807) is 0 Å². The van der Waals surface area contributed by atoms with Gasteiger partial charge >= 0.3 is 0 Å². The molecule has 0 radical (unpaired) electrons. The van der Waals surface area contributed by atoms with Gasteiger partial charge in [0.05, 0.1) is 0 Å². The minimum Gasteiger partial charge on any atom is -0.786 e. The van der Waals surface area contributed by atoms with Crippen LogP contribution in [0, 0.1) is 41.5 Å². The van der Waals surface area contributed by atoms with Crippen molar-refractivity contribution in [3.05, 3.63) is 83.5 Å². The molecule has 2 aromatic rings. The van der Waals surface area contributed by atoms with Crippen LogP contribution in [0.25, 0.3) is 4.91 Å². The van der Waals surface area contributed by atoms with Gasteiger partial charge < -0.3 is 50.5 Å². The normalized spacial score (nSPS) is 12.1. The number of hydrogen-bond acceptors (Lipinski definition) is 4. The molecular weight excluding hydrogens is 511 g/mol. The van der Waals surface area contributed by atoms with Crippen LogP contribution in [-0.2, 0) is 73.4 Å². The van der Waals surface area contributed by atoms with Gasteiger partial charge in [0.15, 0.2) is 0 Å². The molecule has 0 aliphatic carbocycles. The van der Waals surface area contributed by atoms with E-state index in [1.807, 2.05) is 6.92 Å². The van der Waals surface area contributed by atoms with Crippen molar-refractivity contribution in [2.24, 2.45) is 0 Å². The first-order valence-electron chi connectivity index (χ1n) is 10.7. The molecule has 0 unspecified atom stereocenters. The Balaban J connectivity index is 0.000000584. The number of benzene rings is 2. The fourth-order valence-corrected chi connectivity index (χ4v) is 4.71. The Kier molecular flexibility index (Phi) is 14.2. The molecule has 0 aliphatic rings. The summed E-state index contributed by atoms with van der Waals surface area (Å²) in [5.41, 5.74) is 10.2. The van der Waals surface area contributed by atoms with E-state index in [0.29, 0.717) is 0 Å².